The Bertz CT molecular complexity index is 663. The number of piperazine rings is 1. The second kappa shape index (κ2) is 7.63. The third kappa shape index (κ3) is 3.99. The minimum atomic E-state index is -0.727. The van der Waals surface area contributed by atoms with Gasteiger partial charge in [-0.25, -0.2) is 0 Å². The Morgan fingerprint density at radius 3 is 2.50 bits per heavy atom. The van der Waals surface area contributed by atoms with Crippen molar-refractivity contribution in [3.63, 3.8) is 0 Å². The molecule has 1 amide bonds. The summed E-state index contributed by atoms with van der Waals surface area (Å²) >= 11 is 0. The van der Waals surface area contributed by atoms with E-state index in [0.29, 0.717) is 0 Å². The molecule has 2 aliphatic rings. The summed E-state index contributed by atoms with van der Waals surface area (Å²) in [5, 5.41) is 15.7. The number of aliphatic carboxylic acids is 1. The van der Waals surface area contributed by atoms with Crippen molar-refractivity contribution < 1.29 is 14.7 Å². The van der Waals surface area contributed by atoms with Crippen LogP contribution in [-0.4, -0.2) is 48.2 Å². The van der Waals surface area contributed by atoms with Crippen LogP contribution in [-0.2, 0) is 9.59 Å². The number of hydrogen-bond acceptors (Lipinski definition) is 5. The number of hydrogen-bond donors (Lipinski definition) is 4. The van der Waals surface area contributed by atoms with Crippen LogP contribution >= 0.6 is 0 Å². The van der Waals surface area contributed by atoms with E-state index in [0.717, 1.165) is 30.8 Å². The lowest BCUT2D eigenvalue weighted by Crippen LogP contribution is -2.64. The molecule has 2 aliphatic heterocycles. The number of carbonyl (C=O) groups excluding carboxylic acids is 1. The molecule has 7 heteroatoms. The van der Waals surface area contributed by atoms with Gasteiger partial charge in [-0.3, -0.25) is 14.9 Å². The number of rotatable bonds is 5. The number of anilines is 1. The maximum atomic E-state index is 11.7. The van der Waals surface area contributed by atoms with Gasteiger partial charge in [-0.2, -0.15) is 0 Å². The summed E-state index contributed by atoms with van der Waals surface area (Å²) in [6.07, 6.45) is 1.15. The van der Waals surface area contributed by atoms with Gasteiger partial charge in [0.2, 0.25) is 5.91 Å². The van der Waals surface area contributed by atoms with E-state index in [-0.39, 0.29) is 36.4 Å². The van der Waals surface area contributed by atoms with Gasteiger partial charge in [0.25, 0.3) is 0 Å². The zero-order valence-corrected chi connectivity index (χ0v) is 15.3. The minimum Gasteiger partial charge on any atom is -0.481 e. The first-order chi connectivity index (χ1) is 12.3. The first-order valence-corrected chi connectivity index (χ1v) is 9.23. The number of nitrogens with zero attached hydrogens (tertiary/aromatic N) is 1. The van der Waals surface area contributed by atoms with Crippen molar-refractivity contribution in [2.75, 3.05) is 18.0 Å². The Kier molecular flexibility index (Phi) is 5.48. The number of carboxylic acid groups (broad SMARTS) is 1. The van der Waals surface area contributed by atoms with Crippen molar-refractivity contribution in [1.82, 2.24) is 10.6 Å². The summed E-state index contributed by atoms with van der Waals surface area (Å²) in [6, 6.07) is 8.08. The average molecular weight is 360 g/mol. The molecule has 2 saturated heterocycles. The predicted octanol–water partition coefficient (Wildman–Crippen LogP) is 0.852. The number of nitrogens with one attached hydrogen (secondary N) is 2. The maximum Gasteiger partial charge on any atom is 0.303 e. The van der Waals surface area contributed by atoms with Crippen LogP contribution in [0, 0.1) is 5.92 Å². The minimum absolute atomic E-state index is 0.00575. The number of amides is 1. The molecule has 0 radical (unpaired) electrons. The fourth-order valence-electron chi connectivity index (χ4n) is 4.18. The monoisotopic (exact) mass is 360 g/mol. The molecule has 0 spiro atoms. The number of primary amides is 1. The van der Waals surface area contributed by atoms with Crippen molar-refractivity contribution in [2.45, 2.75) is 50.9 Å². The second-order valence-electron chi connectivity index (χ2n) is 7.56. The molecule has 5 atom stereocenters. The number of nitrogens with two attached hydrogens (primary N) is 1. The molecule has 142 valence electrons. The summed E-state index contributed by atoms with van der Waals surface area (Å²) in [6.45, 7) is 5.72. The van der Waals surface area contributed by atoms with Gasteiger partial charge in [0, 0.05) is 43.3 Å². The molecular weight excluding hydrogens is 332 g/mol. The molecule has 5 unspecified atom stereocenters. The molecule has 2 fully saturated rings. The van der Waals surface area contributed by atoms with Gasteiger partial charge in [0.05, 0.1) is 0 Å². The van der Waals surface area contributed by atoms with Crippen molar-refractivity contribution in [3.05, 3.63) is 29.8 Å². The SMILES string of the molecule is CC1NC(C)C(c2ccc(N3CCC(CC(=O)O)C3)cc2)NC1C(N)=O. The molecule has 7 nitrogen and oxygen atoms in total. The van der Waals surface area contributed by atoms with Gasteiger partial charge < -0.3 is 21.1 Å². The second-order valence-corrected chi connectivity index (χ2v) is 7.56. The summed E-state index contributed by atoms with van der Waals surface area (Å²) in [4.78, 5) is 24.8. The first kappa shape index (κ1) is 18.7. The summed E-state index contributed by atoms with van der Waals surface area (Å²) in [5.74, 6) is -0.857. The van der Waals surface area contributed by atoms with E-state index in [1.54, 1.807) is 0 Å². The van der Waals surface area contributed by atoms with Crippen LogP contribution in [0.25, 0.3) is 0 Å². The maximum absolute atomic E-state index is 11.7. The molecule has 0 aromatic heterocycles. The van der Waals surface area contributed by atoms with Crippen molar-refractivity contribution in [2.24, 2.45) is 11.7 Å². The standard InChI is InChI=1S/C19H28N4O3/c1-11-17(22-18(19(20)26)12(2)21-11)14-3-5-15(6-4-14)23-8-7-13(10-23)9-16(24)25/h3-6,11-13,17-18,21-22H,7-10H2,1-2H3,(H2,20,26)(H,24,25). The van der Waals surface area contributed by atoms with Gasteiger partial charge in [-0.05, 0) is 43.9 Å². The van der Waals surface area contributed by atoms with Crippen molar-refractivity contribution in [1.29, 1.82) is 0 Å². The molecular formula is C19H28N4O3. The van der Waals surface area contributed by atoms with Gasteiger partial charge >= 0.3 is 5.97 Å². The highest BCUT2D eigenvalue weighted by Crippen LogP contribution is 2.28. The van der Waals surface area contributed by atoms with Crippen molar-refractivity contribution in [3.8, 4) is 0 Å². The molecule has 1 aromatic rings. The van der Waals surface area contributed by atoms with E-state index >= 15 is 0 Å². The Morgan fingerprint density at radius 2 is 1.88 bits per heavy atom. The third-order valence-corrected chi connectivity index (χ3v) is 5.56. The Balaban J connectivity index is 1.67. The Morgan fingerprint density at radius 1 is 1.19 bits per heavy atom. The van der Waals surface area contributed by atoms with Crippen LogP contribution in [0.15, 0.2) is 24.3 Å². The first-order valence-electron chi connectivity index (χ1n) is 9.23. The van der Waals surface area contributed by atoms with Crippen LogP contribution in [0.2, 0.25) is 0 Å². The van der Waals surface area contributed by atoms with Crippen LogP contribution in [0.3, 0.4) is 0 Å². The zero-order valence-electron chi connectivity index (χ0n) is 15.3. The molecule has 1 aromatic carbocycles. The normalized spacial score (nSPS) is 31.8. The molecule has 26 heavy (non-hydrogen) atoms. The Hall–Kier alpha value is -2.12. The van der Waals surface area contributed by atoms with Crippen LogP contribution in [0.1, 0.15) is 38.3 Å². The van der Waals surface area contributed by atoms with E-state index < -0.39 is 12.0 Å². The predicted molar refractivity (Wildman–Crippen MR) is 99.9 cm³/mol. The van der Waals surface area contributed by atoms with Gasteiger partial charge in [-0.15, -0.1) is 0 Å². The third-order valence-electron chi connectivity index (χ3n) is 5.56. The Labute approximate surface area is 153 Å². The molecule has 5 N–H and O–H groups in total. The topological polar surface area (TPSA) is 108 Å². The molecule has 0 aliphatic carbocycles. The fraction of sp³-hybridized carbons (Fsp3) is 0.579. The van der Waals surface area contributed by atoms with Gasteiger partial charge in [0.15, 0.2) is 0 Å². The van der Waals surface area contributed by atoms with E-state index in [2.05, 4.69) is 46.7 Å². The largest absolute Gasteiger partial charge is 0.481 e. The number of carboxylic acids is 1. The van der Waals surface area contributed by atoms with Crippen molar-refractivity contribution >= 4 is 17.6 Å². The van der Waals surface area contributed by atoms with Crippen LogP contribution < -0.4 is 21.3 Å². The summed E-state index contributed by atoms with van der Waals surface area (Å²) in [7, 11) is 0. The zero-order chi connectivity index (χ0) is 18.8. The van der Waals surface area contributed by atoms with Crippen LogP contribution in [0.4, 0.5) is 5.69 Å². The van der Waals surface area contributed by atoms with Crippen LogP contribution in [0.5, 0.6) is 0 Å². The quantitative estimate of drug-likeness (QED) is 0.620. The smallest absolute Gasteiger partial charge is 0.303 e. The lowest BCUT2D eigenvalue weighted by Gasteiger charge is -2.40. The average Bonchev–Trinajstić information content (AvgIpc) is 3.02. The van der Waals surface area contributed by atoms with Gasteiger partial charge in [-0.1, -0.05) is 12.1 Å². The van der Waals surface area contributed by atoms with E-state index in [4.69, 9.17) is 10.8 Å². The highest BCUT2D eigenvalue weighted by Gasteiger charge is 2.35. The lowest BCUT2D eigenvalue weighted by atomic mass is 9.93. The number of carbonyl (C=O) groups is 2. The lowest BCUT2D eigenvalue weighted by molar-refractivity contribution is -0.138. The highest BCUT2D eigenvalue weighted by molar-refractivity contribution is 5.81. The highest BCUT2D eigenvalue weighted by atomic mass is 16.4. The fourth-order valence-corrected chi connectivity index (χ4v) is 4.18. The molecule has 0 bridgehead atoms. The van der Waals surface area contributed by atoms with E-state index in [1.807, 2.05) is 6.92 Å². The summed E-state index contributed by atoms with van der Waals surface area (Å²) < 4.78 is 0. The van der Waals surface area contributed by atoms with E-state index in [1.165, 1.54) is 0 Å². The summed E-state index contributed by atoms with van der Waals surface area (Å²) in [5.41, 5.74) is 7.72. The van der Waals surface area contributed by atoms with Gasteiger partial charge in [0.1, 0.15) is 6.04 Å². The molecule has 3 rings (SSSR count). The molecule has 2 heterocycles. The van der Waals surface area contributed by atoms with E-state index in [9.17, 15) is 9.59 Å². The molecule has 0 saturated carbocycles. The number of benzene rings is 1.